The first-order valence-electron chi connectivity index (χ1n) is 14.5. The number of hydrogen-bond acceptors (Lipinski definition) is 5. The Labute approximate surface area is 228 Å². The Morgan fingerprint density at radius 3 is 2.32 bits per heavy atom. The number of aromatic nitrogens is 1. The Hall–Kier alpha value is -2.22. The van der Waals surface area contributed by atoms with Crippen molar-refractivity contribution in [3.05, 3.63) is 47.3 Å². The first-order chi connectivity index (χ1) is 18.1. The third kappa shape index (κ3) is 4.60. The van der Waals surface area contributed by atoms with E-state index in [1.807, 2.05) is 0 Å². The largest absolute Gasteiger partial charge is 0.542 e. The average Bonchev–Trinajstić information content (AvgIpc) is 3.50. The van der Waals surface area contributed by atoms with Crippen LogP contribution in [0.3, 0.4) is 0 Å². The van der Waals surface area contributed by atoms with Crippen molar-refractivity contribution >= 4 is 19.3 Å². The van der Waals surface area contributed by atoms with E-state index in [2.05, 4.69) is 76.0 Å². The summed E-state index contributed by atoms with van der Waals surface area (Å²) in [6, 6.07) is 9.68. The van der Waals surface area contributed by atoms with E-state index in [0.717, 1.165) is 30.9 Å². The van der Waals surface area contributed by atoms with Crippen LogP contribution in [0.25, 0.3) is 22.2 Å². The molecule has 206 valence electrons. The van der Waals surface area contributed by atoms with Gasteiger partial charge in [0.1, 0.15) is 17.3 Å². The van der Waals surface area contributed by atoms with Gasteiger partial charge in [0.2, 0.25) is 0 Å². The summed E-state index contributed by atoms with van der Waals surface area (Å²) in [6.07, 6.45) is 3.86. The molecule has 7 heteroatoms. The van der Waals surface area contributed by atoms with Crippen molar-refractivity contribution in [2.24, 2.45) is 0 Å². The fourth-order valence-electron chi connectivity index (χ4n) is 7.39. The van der Waals surface area contributed by atoms with Gasteiger partial charge in [-0.15, -0.1) is 0 Å². The first kappa shape index (κ1) is 27.3. The van der Waals surface area contributed by atoms with Crippen LogP contribution >= 0.6 is 0 Å². The van der Waals surface area contributed by atoms with Gasteiger partial charge in [-0.2, -0.15) is 0 Å². The smallest absolute Gasteiger partial charge is 0.258 e. The van der Waals surface area contributed by atoms with E-state index in [1.165, 1.54) is 36.5 Å². The van der Waals surface area contributed by atoms with Gasteiger partial charge in [-0.05, 0) is 84.9 Å². The zero-order valence-electron chi connectivity index (χ0n) is 24.1. The summed E-state index contributed by atoms with van der Waals surface area (Å²) in [6.45, 7) is 19.2. The highest BCUT2D eigenvalue weighted by Gasteiger charge is 2.48. The second-order valence-corrected chi connectivity index (χ2v) is 17.7. The SMILES string of the molecule is CC(C1NCc2c1ccc(O[Si](C(C)C)(C(C)C)C(C)C)c2-c1noc2ccc(F)cc12)N1CCCCC1. The van der Waals surface area contributed by atoms with Crippen LogP contribution in [-0.2, 0) is 6.54 Å². The topological polar surface area (TPSA) is 50.5 Å². The summed E-state index contributed by atoms with van der Waals surface area (Å²) >= 11 is 0. The molecule has 0 aliphatic carbocycles. The second kappa shape index (κ2) is 10.7. The molecule has 5 rings (SSSR count). The summed E-state index contributed by atoms with van der Waals surface area (Å²) in [5.74, 6) is 0.570. The first-order valence-corrected chi connectivity index (χ1v) is 16.7. The molecule has 2 aliphatic heterocycles. The predicted molar refractivity (Wildman–Crippen MR) is 156 cm³/mol. The minimum absolute atomic E-state index is 0.230. The molecule has 2 atom stereocenters. The van der Waals surface area contributed by atoms with Gasteiger partial charge >= 0.3 is 0 Å². The maximum absolute atomic E-state index is 14.4. The highest BCUT2D eigenvalue weighted by atomic mass is 28.4. The molecule has 1 aromatic heterocycles. The molecule has 38 heavy (non-hydrogen) atoms. The lowest BCUT2D eigenvalue weighted by Crippen LogP contribution is -2.50. The third-order valence-corrected chi connectivity index (χ3v) is 15.2. The molecule has 0 bridgehead atoms. The summed E-state index contributed by atoms with van der Waals surface area (Å²) in [5, 5.41) is 9.04. The van der Waals surface area contributed by atoms with E-state index < -0.39 is 8.32 Å². The highest BCUT2D eigenvalue weighted by molar-refractivity contribution is 6.78. The fraction of sp³-hybridized carbons (Fsp3) is 0.581. The van der Waals surface area contributed by atoms with Crippen LogP contribution < -0.4 is 9.74 Å². The zero-order valence-corrected chi connectivity index (χ0v) is 25.1. The zero-order chi connectivity index (χ0) is 27.2. The van der Waals surface area contributed by atoms with Gasteiger partial charge in [0.05, 0.1) is 5.39 Å². The van der Waals surface area contributed by atoms with E-state index in [1.54, 1.807) is 12.1 Å². The molecule has 5 nitrogen and oxygen atoms in total. The summed E-state index contributed by atoms with van der Waals surface area (Å²) in [4.78, 5) is 2.62. The summed E-state index contributed by atoms with van der Waals surface area (Å²) in [7, 11) is -2.25. The van der Waals surface area contributed by atoms with Gasteiger partial charge < -0.3 is 14.3 Å². The molecular weight excluding hydrogens is 493 g/mol. The Bertz CT molecular complexity index is 1260. The Morgan fingerprint density at radius 1 is 0.974 bits per heavy atom. The van der Waals surface area contributed by atoms with Crippen LogP contribution in [0.1, 0.15) is 84.9 Å². The number of hydrogen-bond donors (Lipinski definition) is 1. The molecule has 2 aliphatic rings. The van der Waals surface area contributed by atoms with E-state index in [4.69, 9.17) is 8.95 Å². The lowest BCUT2D eigenvalue weighted by atomic mass is 9.92. The van der Waals surface area contributed by atoms with Crippen molar-refractivity contribution < 1.29 is 13.3 Å². The van der Waals surface area contributed by atoms with Crippen LogP contribution in [0, 0.1) is 5.82 Å². The van der Waals surface area contributed by atoms with E-state index in [0.29, 0.717) is 39.3 Å². The predicted octanol–water partition coefficient (Wildman–Crippen LogP) is 8.21. The van der Waals surface area contributed by atoms with E-state index in [-0.39, 0.29) is 11.9 Å². The molecule has 2 aromatic carbocycles. The molecule has 2 unspecified atom stereocenters. The van der Waals surface area contributed by atoms with Crippen LogP contribution in [0.4, 0.5) is 4.39 Å². The van der Waals surface area contributed by atoms with Gasteiger partial charge in [0, 0.05) is 24.2 Å². The number of nitrogens with one attached hydrogen (secondary N) is 1. The number of fused-ring (bicyclic) bond motifs is 2. The normalized spacial score (nSPS) is 19.6. The molecule has 0 amide bonds. The monoisotopic (exact) mass is 537 g/mol. The van der Waals surface area contributed by atoms with Crippen molar-refractivity contribution in [3.8, 4) is 17.0 Å². The highest BCUT2D eigenvalue weighted by Crippen LogP contribution is 2.48. The Kier molecular flexibility index (Phi) is 7.73. The van der Waals surface area contributed by atoms with Gasteiger partial charge in [0.15, 0.2) is 5.58 Å². The van der Waals surface area contributed by atoms with Crippen LogP contribution in [-0.4, -0.2) is 37.5 Å². The molecule has 3 aromatic rings. The Morgan fingerprint density at radius 2 is 1.66 bits per heavy atom. The van der Waals surface area contributed by atoms with Crippen molar-refractivity contribution in [1.29, 1.82) is 0 Å². The number of nitrogens with zero attached hydrogens (tertiary/aromatic N) is 2. The molecule has 1 N–H and O–H groups in total. The summed E-state index contributed by atoms with van der Waals surface area (Å²) < 4.78 is 27.4. The standard InChI is InChI=1S/C31H44FN3O2Si/c1-19(2)38(20(3)4,21(5)6)37-28-14-12-24-26(18-33-30(24)22(7)35-15-9-8-10-16-35)29(28)31-25-17-23(32)11-13-27(25)36-34-31/h11-14,17,19-22,30,33H,8-10,15-16,18H2,1-7H3. The molecular formula is C31H44FN3O2Si. The van der Waals surface area contributed by atoms with Gasteiger partial charge in [0.25, 0.3) is 8.32 Å². The van der Waals surface area contributed by atoms with Crippen LogP contribution in [0.15, 0.2) is 34.9 Å². The number of likely N-dealkylation sites (tertiary alicyclic amines) is 1. The van der Waals surface area contributed by atoms with Crippen molar-refractivity contribution in [1.82, 2.24) is 15.4 Å². The van der Waals surface area contributed by atoms with E-state index in [9.17, 15) is 4.39 Å². The third-order valence-electron chi connectivity index (χ3n) is 9.26. The average molecular weight is 538 g/mol. The maximum Gasteiger partial charge on any atom is 0.258 e. The molecule has 1 saturated heterocycles. The number of rotatable bonds is 8. The van der Waals surface area contributed by atoms with Crippen LogP contribution in [0.2, 0.25) is 16.6 Å². The van der Waals surface area contributed by atoms with Crippen molar-refractivity contribution in [2.45, 2.75) is 103 Å². The van der Waals surface area contributed by atoms with E-state index >= 15 is 0 Å². The summed E-state index contributed by atoms with van der Waals surface area (Å²) in [5.41, 5.74) is 6.03. The fourth-order valence-corrected chi connectivity index (χ4v) is 12.7. The quantitative estimate of drug-likeness (QED) is 0.293. The van der Waals surface area contributed by atoms with Gasteiger partial charge in [-0.1, -0.05) is 59.2 Å². The van der Waals surface area contributed by atoms with Gasteiger partial charge in [-0.25, -0.2) is 4.39 Å². The molecule has 0 spiro atoms. The van der Waals surface area contributed by atoms with Crippen molar-refractivity contribution in [3.63, 3.8) is 0 Å². The maximum atomic E-state index is 14.4. The molecule has 0 radical (unpaired) electrons. The molecule has 0 saturated carbocycles. The minimum atomic E-state index is -2.25. The van der Waals surface area contributed by atoms with Crippen molar-refractivity contribution in [2.75, 3.05) is 13.1 Å². The Balaban J connectivity index is 1.67. The lowest BCUT2D eigenvalue weighted by molar-refractivity contribution is 0.145. The lowest BCUT2D eigenvalue weighted by Gasteiger charge is -2.42. The number of halogens is 1. The molecule has 3 heterocycles. The minimum Gasteiger partial charge on any atom is -0.542 e. The van der Waals surface area contributed by atoms with Gasteiger partial charge in [-0.3, -0.25) is 4.90 Å². The number of benzene rings is 2. The molecule has 1 fully saturated rings. The van der Waals surface area contributed by atoms with Crippen LogP contribution in [0.5, 0.6) is 5.75 Å². The second-order valence-electron chi connectivity index (χ2n) is 12.3. The number of piperidine rings is 1.